The summed E-state index contributed by atoms with van der Waals surface area (Å²) in [6, 6.07) is 19.7. The van der Waals surface area contributed by atoms with Crippen LogP contribution in [-0.4, -0.2) is 44.9 Å². The third kappa shape index (κ3) is 5.55. The smallest absolute Gasteiger partial charge is 0.276 e. The molecule has 1 saturated heterocycles. The molecule has 0 saturated carbocycles. The fourth-order valence-electron chi connectivity index (χ4n) is 3.77. The molecule has 174 valence electrons. The number of carbonyl (C=O) groups is 1. The van der Waals surface area contributed by atoms with Gasteiger partial charge in [-0.3, -0.25) is 4.79 Å². The molecule has 3 aromatic rings. The minimum atomic E-state index is -3.73. The van der Waals surface area contributed by atoms with Gasteiger partial charge in [-0.1, -0.05) is 24.3 Å². The Morgan fingerprint density at radius 1 is 1.06 bits per heavy atom. The standard InChI is InChI=1S/C24H27N3O5S/c1-31-21-9-5-8-20(16-21)26-19-12-14-27(15-13-19)33(29,30)23-11-10-22(32-23)17-25-24(28)18-6-3-2-4-7-18/h2-11,16,19,26H,12-15,17H2,1H3,(H,25,28). The van der Waals surface area contributed by atoms with Crippen LogP contribution < -0.4 is 15.4 Å². The first-order chi connectivity index (χ1) is 16.0. The van der Waals surface area contributed by atoms with E-state index in [1.807, 2.05) is 30.3 Å². The lowest BCUT2D eigenvalue weighted by Crippen LogP contribution is -2.42. The number of amides is 1. The van der Waals surface area contributed by atoms with Gasteiger partial charge in [-0.15, -0.1) is 0 Å². The van der Waals surface area contributed by atoms with Crippen molar-refractivity contribution in [2.45, 2.75) is 30.5 Å². The van der Waals surface area contributed by atoms with E-state index in [4.69, 9.17) is 9.15 Å². The minimum Gasteiger partial charge on any atom is -0.497 e. The van der Waals surface area contributed by atoms with Gasteiger partial charge in [-0.2, -0.15) is 4.31 Å². The molecule has 0 bridgehead atoms. The van der Waals surface area contributed by atoms with E-state index in [9.17, 15) is 13.2 Å². The fourth-order valence-corrected chi connectivity index (χ4v) is 5.17. The predicted molar refractivity (Wildman–Crippen MR) is 125 cm³/mol. The highest BCUT2D eigenvalue weighted by molar-refractivity contribution is 7.89. The van der Waals surface area contributed by atoms with Crippen LogP contribution >= 0.6 is 0 Å². The van der Waals surface area contributed by atoms with E-state index >= 15 is 0 Å². The topological polar surface area (TPSA) is 101 Å². The summed E-state index contributed by atoms with van der Waals surface area (Å²) in [7, 11) is -2.11. The van der Waals surface area contributed by atoms with Crippen LogP contribution in [0.4, 0.5) is 5.69 Å². The Balaban J connectivity index is 1.31. The van der Waals surface area contributed by atoms with Gasteiger partial charge in [0.05, 0.1) is 13.7 Å². The number of nitrogens with zero attached hydrogens (tertiary/aromatic N) is 1. The van der Waals surface area contributed by atoms with Gasteiger partial charge in [-0.25, -0.2) is 8.42 Å². The van der Waals surface area contributed by atoms with E-state index in [-0.39, 0.29) is 23.6 Å². The van der Waals surface area contributed by atoms with Crippen LogP contribution in [0.2, 0.25) is 0 Å². The highest BCUT2D eigenvalue weighted by atomic mass is 32.2. The fraction of sp³-hybridized carbons (Fsp3) is 0.292. The number of benzene rings is 2. The van der Waals surface area contributed by atoms with Crippen molar-refractivity contribution in [2.24, 2.45) is 0 Å². The van der Waals surface area contributed by atoms with E-state index in [0.29, 0.717) is 37.3 Å². The second kappa shape index (κ2) is 10.1. The maximum Gasteiger partial charge on any atom is 0.276 e. The predicted octanol–water partition coefficient (Wildman–Crippen LogP) is 3.48. The third-order valence-corrected chi connectivity index (χ3v) is 7.36. The van der Waals surface area contributed by atoms with E-state index in [2.05, 4.69) is 10.6 Å². The molecule has 2 N–H and O–H groups in total. The van der Waals surface area contributed by atoms with Crippen molar-refractivity contribution in [2.75, 3.05) is 25.5 Å². The van der Waals surface area contributed by atoms with Crippen molar-refractivity contribution in [3.8, 4) is 5.75 Å². The maximum absolute atomic E-state index is 13.0. The largest absolute Gasteiger partial charge is 0.497 e. The van der Waals surface area contributed by atoms with E-state index < -0.39 is 10.0 Å². The first-order valence-corrected chi connectivity index (χ1v) is 12.2. The molecule has 1 fully saturated rings. The van der Waals surface area contributed by atoms with Crippen molar-refractivity contribution in [3.05, 3.63) is 78.1 Å². The molecule has 9 heteroatoms. The van der Waals surface area contributed by atoms with Crippen LogP contribution in [0.3, 0.4) is 0 Å². The molecular weight excluding hydrogens is 442 g/mol. The quantitative estimate of drug-likeness (QED) is 0.524. The number of ether oxygens (including phenoxy) is 1. The summed E-state index contributed by atoms with van der Waals surface area (Å²) in [6.45, 7) is 0.894. The van der Waals surface area contributed by atoms with Gasteiger partial charge >= 0.3 is 0 Å². The zero-order chi connectivity index (χ0) is 23.3. The highest BCUT2D eigenvalue weighted by Crippen LogP contribution is 2.25. The second-order valence-electron chi connectivity index (χ2n) is 7.82. The Bertz CT molecular complexity index is 1190. The SMILES string of the molecule is COc1cccc(NC2CCN(S(=O)(=O)c3ccc(CNC(=O)c4ccccc4)o3)CC2)c1. The zero-order valence-electron chi connectivity index (χ0n) is 18.4. The van der Waals surface area contributed by atoms with Crippen molar-refractivity contribution >= 4 is 21.6 Å². The monoisotopic (exact) mass is 469 g/mol. The summed E-state index contributed by atoms with van der Waals surface area (Å²) < 4.78 is 38.3. The number of sulfonamides is 1. The van der Waals surface area contributed by atoms with Gasteiger partial charge in [0.2, 0.25) is 5.09 Å². The number of hydrogen-bond donors (Lipinski definition) is 2. The Hall–Kier alpha value is -3.30. The molecule has 1 amide bonds. The van der Waals surface area contributed by atoms with E-state index in [1.165, 1.54) is 10.4 Å². The number of hydrogen-bond acceptors (Lipinski definition) is 6. The highest BCUT2D eigenvalue weighted by Gasteiger charge is 2.31. The Labute approximate surface area is 193 Å². The Morgan fingerprint density at radius 3 is 2.55 bits per heavy atom. The molecule has 0 unspecified atom stereocenters. The summed E-state index contributed by atoms with van der Waals surface area (Å²) >= 11 is 0. The Morgan fingerprint density at radius 2 is 1.82 bits per heavy atom. The van der Waals surface area contributed by atoms with Gasteiger partial charge in [0.1, 0.15) is 11.5 Å². The molecule has 8 nitrogen and oxygen atoms in total. The summed E-state index contributed by atoms with van der Waals surface area (Å²) in [5, 5.41) is 6.08. The average molecular weight is 470 g/mol. The van der Waals surface area contributed by atoms with E-state index in [0.717, 1.165) is 11.4 Å². The van der Waals surface area contributed by atoms with Crippen LogP contribution in [0, 0.1) is 0 Å². The van der Waals surface area contributed by atoms with Gasteiger partial charge in [0.25, 0.3) is 15.9 Å². The van der Waals surface area contributed by atoms with Crippen molar-refractivity contribution < 1.29 is 22.4 Å². The molecule has 1 aliphatic heterocycles. The number of methoxy groups -OCH3 is 1. The molecule has 2 heterocycles. The first kappa shape index (κ1) is 22.9. The number of carbonyl (C=O) groups excluding carboxylic acids is 1. The lowest BCUT2D eigenvalue weighted by molar-refractivity contribution is 0.0947. The third-order valence-electron chi connectivity index (χ3n) is 5.58. The number of nitrogens with one attached hydrogen (secondary N) is 2. The summed E-state index contributed by atoms with van der Waals surface area (Å²) in [4.78, 5) is 12.2. The molecular formula is C24H27N3O5S. The van der Waals surface area contributed by atoms with Gasteiger partial charge in [0, 0.05) is 36.4 Å². The second-order valence-corrected chi connectivity index (χ2v) is 9.69. The number of piperidine rings is 1. The summed E-state index contributed by atoms with van der Waals surface area (Å²) in [5.41, 5.74) is 1.48. The van der Waals surface area contributed by atoms with Crippen LogP contribution in [0.5, 0.6) is 5.75 Å². The molecule has 0 aliphatic carbocycles. The molecule has 0 atom stereocenters. The molecule has 0 spiro atoms. The first-order valence-electron chi connectivity index (χ1n) is 10.8. The van der Waals surface area contributed by atoms with Crippen molar-refractivity contribution in [1.82, 2.24) is 9.62 Å². The minimum absolute atomic E-state index is 0.106. The average Bonchev–Trinajstić information content (AvgIpc) is 3.34. The summed E-state index contributed by atoms with van der Waals surface area (Å²) in [5.74, 6) is 0.906. The van der Waals surface area contributed by atoms with Crippen LogP contribution in [0.15, 0.2) is 76.2 Å². The van der Waals surface area contributed by atoms with E-state index in [1.54, 1.807) is 37.4 Å². The zero-order valence-corrected chi connectivity index (χ0v) is 19.2. The number of furan rings is 1. The summed E-state index contributed by atoms with van der Waals surface area (Å²) in [6.07, 6.45) is 1.36. The maximum atomic E-state index is 13.0. The molecule has 2 aromatic carbocycles. The van der Waals surface area contributed by atoms with Crippen molar-refractivity contribution in [1.29, 1.82) is 0 Å². The lowest BCUT2D eigenvalue weighted by Gasteiger charge is -2.31. The van der Waals surface area contributed by atoms with Gasteiger partial charge in [0.15, 0.2) is 0 Å². The lowest BCUT2D eigenvalue weighted by atomic mass is 10.1. The van der Waals surface area contributed by atoms with Crippen LogP contribution in [0.25, 0.3) is 0 Å². The molecule has 1 aliphatic rings. The number of anilines is 1. The van der Waals surface area contributed by atoms with Gasteiger partial charge < -0.3 is 19.8 Å². The Kier molecular flexibility index (Phi) is 7.00. The molecule has 0 radical (unpaired) electrons. The normalized spacial score (nSPS) is 15.2. The molecule has 33 heavy (non-hydrogen) atoms. The van der Waals surface area contributed by atoms with Crippen molar-refractivity contribution in [3.63, 3.8) is 0 Å². The van der Waals surface area contributed by atoms with Gasteiger partial charge in [-0.05, 0) is 49.2 Å². The number of rotatable bonds is 8. The van der Waals surface area contributed by atoms with Crippen LogP contribution in [0.1, 0.15) is 29.0 Å². The van der Waals surface area contributed by atoms with Crippen LogP contribution in [-0.2, 0) is 16.6 Å². The molecule has 1 aromatic heterocycles. The molecule has 4 rings (SSSR count).